The first-order valence-electron chi connectivity index (χ1n) is 6.06. The topological polar surface area (TPSA) is 29.5 Å². The van der Waals surface area contributed by atoms with E-state index in [1.54, 1.807) is 0 Å². The van der Waals surface area contributed by atoms with Crippen molar-refractivity contribution in [2.75, 3.05) is 6.61 Å². The third kappa shape index (κ3) is 2.71. The summed E-state index contributed by atoms with van der Waals surface area (Å²) in [4.78, 5) is 0. The van der Waals surface area contributed by atoms with Crippen molar-refractivity contribution >= 4 is 0 Å². The molecular formula is C16H18O2. The Morgan fingerprint density at radius 3 is 2.17 bits per heavy atom. The molecule has 1 atom stereocenters. The molecule has 0 aliphatic rings. The second-order valence-electron chi connectivity index (χ2n) is 4.67. The van der Waals surface area contributed by atoms with Gasteiger partial charge in [0.15, 0.2) is 5.60 Å². The number of aliphatic hydroxyl groups excluding tert-OH is 1. The summed E-state index contributed by atoms with van der Waals surface area (Å²) >= 11 is 0. The molecule has 0 saturated carbocycles. The Hall–Kier alpha value is -1.80. The van der Waals surface area contributed by atoms with E-state index in [9.17, 15) is 5.11 Å². The number of hydrogen-bond acceptors (Lipinski definition) is 2. The van der Waals surface area contributed by atoms with Gasteiger partial charge in [0.1, 0.15) is 5.75 Å². The molecule has 0 aliphatic carbocycles. The number of aliphatic hydroxyl groups is 1. The van der Waals surface area contributed by atoms with Gasteiger partial charge in [0, 0.05) is 0 Å². The number of benzene rings is 2. The van der Waals surface area contributed by atoms with E-state index >= 15 is 0 Å². The van der Waals surface area contributed by atoms with Crippen LogP contribution in [0, 0.1) is 6.92 Å². The first-order chi connectivity index (χ1) is 8.64. The summed E-state index contributed by atoms with van der Waals surface area (Å²) in [6.07, 6.45) is 0. The molecular weight excluding hydrogens is 224 g/mol. The van der Waals surface area contributed by atoms with E-state index in [0.29, 0.717) is 0 Å². The fourth-order valence-electron chi connectivity index (χ4n) is 1.84. The molecule has 0 radical (unpaired) electrons. The van der Waals surface area contributed by atoms with E-state index in [1.807, 2.05) is 68.4 Å². The molecule has 0 aliphatic heterocycles. The van der Waals surface area contributed by atoms with Gasteiger partial charge in [0.05, 0.1) is 6.61 Å². The molecule has 2 nitrogen and oxygen atoms in total. The zero-order valence-corrected chi connectivity index (χ0v) is 10.8. The van der Waals surface area contributed by atoms with Gasteiger partial charge in [0.25, 0.3) is 0 Å². The molecule has 2 aromatic rings. The Morgan fingerprint density at radius 2 is 1.61 bits per heavy atom. The Balaban J connectivity index is 2.26. The van der Waals surface area contributed by atoms with E-state index in [2.05, 4.69) is 0 Å². The van der Waals surface area contributed by atoms with Crippen molar-refractivity contribution in [1.82, 2.24) is 0 Å². The highest BCUT2D eigenvalue weighted by Gasteiger charge is 2.27. The van der Waals surface area contributed by atoms with E-state index in [1.165, 1.54) is 5.56 Å². The lowest BCUT2D eigenvalue weighted by atomic mass is 9.96. The highest BCUT2D eigenvalue weighted by atomic mass is 16.5. The molecule has 0 aromatic heterocycles. The lowest BCUT2D eigenvalue weighted by Crippen LogP contribution is -2.33. The number of aryl methyl sites for hydroxylation is 1. The average molecular weight is 242 g/mol. The van der Waals surface area contributed by atoms with Crippen LogP contribution in [0.4, 0.5) is 0 Å². The van der Waals surface area contributed by atoms with Crippen LogP contribution in [0.25, 0.3) is 0 Å². The molecule has 0 bridgehead atoms. The van der Waals surface area contributed by atoms with Crippen LogP contribution in [0.5, 0.6) is 5.75 Å². The zero-order valence-electron chi connectivity index (χ0n) is 10.8. The van der Waals surface area contributed by atoms with Crippen molar-refractivity contribution < 1.29 is 9.84 Å². The number of rotatable bonds is 4. The van der Waals surface area contributed by atoms with E-state index in [0.717, 1.165) is 11.3 Å². The molecule has 0 fully saturated rings. The summed E-state index contributed by atoms with van der Waals surface area (Å²) in [5, 5.41) is 9.63. The van der Waals surface area contributed by atoms with Crippen molar-refractivity contribution in [2.45, 2.75) is 19.4 Å². The summed E-state index contributed by atoms with van der Waals surface area (Å²) in [7, 11) is 0. The highest BCUT2D eigenvalue weighted by molar-refractivity contribution is 5.29. The summed E-state index contributed by atoms with van der Waals surface area (Å²) < 4.78 is 5.94. The van der Waals surface area contributed by atoms with Gasteiger partial charge in [-0.2, -0.15) is 0 Å². The number of hydrogen-bond donors (Lipinski definition) is 1. The Bertz CT molecular complexity index is 490. The molecule has 2 rings (SSSR count). The molecule has 0 spiro atoms. The van der Waals surface area contributed by atoms with Crippen LogP contribution in [0.15, 0.2) is 54.6 Å². The maximum Gasteiger partial charge on any atom is 0.154 e. The van der Waals surface area contributed by atoms with Gasteiger partial charge in [-0.1, -0.05) is 48.0 Å². The fourth-order valence-corrected chi connectivity index (χ4v) is 1.84. The number of ether oxygens (including phenoxy) is 1. The fraction of sp³-hybridized carbons (Fsp3) is 0.250. The molecule has 0 saturated heterocycles. The predicted molar refractivity (Wildman–Crippen MR) is 72.7 cm³/mol. The molecule has 1 N–H and O–H groups in total. The van der Waals surface area contributed by atoms with Gasteiger partial charge in [0.2, 0.25) is 0 Å². The maximum absolute atomic E-state index is 9.63. The second-order valence-corrected chi connectivity index (χ2v) is 4.67. The Labute approximate surface area is 108 Å². The first kappa shape index (κ1) is 12.7. The Morgan fingerprint density at radius 1 is 1.00 bits per heavy atom. The standard InChI is InChI=1S/C16H18O2/c1-13-8-10-15(11-9-13)18-16(2,12-17)14-6-4-3-5-7-14/h3-11,17H,12H2,1-2H3/t16-/m0/s1. The Kier molecular flexibility index (Phi) is 3.68. The monoisotopic (exact) mass is 242 g/mol. The smallest absolute Gasteiger partial charge is 0.154 e. The summed E-state index contributed by atoms with van der Waals surface area (Å²) in [6.45, 7) is 3.86. The van der Waals surface area contributed by atoms with Crippen molar-refractivity contribution in [1.29, 1.82) is 0 Å². The normalized spacial score (nSPS) is 13.9. The van der Waals surface area contributed by atoms with Gasteiger partial charge in [-0.05, 0) is 31.5 Å². The lowest BCUT2D eigenvalue weighted by Gasteiger charge is -2.29. The van der Waals surface area contributed by atoms with E-state index in [4.69, 9.17) is 4.74 Å². The van der Waals surface area contributed by atoms with Crippen LogP contribution in [-0.4, -0.2) is 11.7 Å². The molecule has 0 amide bonds. The quantitative estimate of drug-likeness (QED) is 0.891. The van der Waals surface area contributed by atoms with Gasteiger partial charge < -0.3 is 9.84 Å². The van der Waals surface area contributed by atoms with Crippen molar-refractivity contribution in [3.05, 3.63) is 65.7 Å². The van der Waals surface area contributed by atoms with Crippen LogP contribution < -0.4 is 4.74 Å². The summed E-state index contributed by atoms with van der Waals surface area (Å²) in [5.74, 6) is 0.765. The first-order valence-corrected chi connectivity index (χ1v) is 6.06. The summed E-state index contributed by atoms with van der Waals surface area (Å²) in [6, 6.07) is 17.6. The minimum Gasteiger partial charge on any atom is -0.480 e. The third-order valence-electron chi connectivity index (χ3n) is 3.05. The van der Waals surface area contributed by atoms with E-state index in [-0.39, 0.29) is 6.61 Å². The average Bonchev–Trinajstić information content (AvgIpc) is 2.42. The summed E-state index contributed by atoms with van der Waals surface area (Å²) in [5.41, 5.74) is 1.44. The van der Waals surface area contributed by atoms with Crippen LogP contribution in [-0.2, 0) is 5.60 Å². The van der Waals surface area contributed by atoms with Gasteiger partial charge >= 0.3 is 0 Å². The van der Waals surface area contributed by atoms with Crippen LogP contribution in [0.3, 0.4) is 0 Å². The van der Waals surface area contributed by atoms with Crippen LogP contribution in [0.2, 0.25) is 0 Å². The predicted octanol–water partition coefficient (Wildman–Crippen LogP) is 3.28. The van der Waals surface area contributed by atoms with Crippen molar-refractivity contribution in [2.24, 2.45) is 0 Å². The zero-order chi connectivity index (χ0) is 13.0. The van der Waals surface area contributed by atoms with Crippen molar-refractivity contribution in [3.8, 4) is 5.75 Å². The molecule has 18 heavy (non-hydrogen) atoms. The van der Waals surface area contributed by atoms with Crippen LogP contribution in [0.1, 0.15) is 18.1 Å². The highest BCUT2D eigenvalue weighted by Crippen LogP contribution is 2.27. The van der Waals surface area contributed by atoms with Gasteiger partial charge in [-0.25, -0.2) is 0 Å². The maximum atomic E-state index is 9.63. The second kappa shape index (κ2) is 5.23. The van der Waals surface area contributed by atoms with Crippen molar-refractivity contribution in [3.63, 3.8) is 0 Å². The SMILES string of the molecule is Cc1ccc(O[C@@](C)(CO)c2ccccc2)cc1. The van der Waals surface area contributed by atoms with Gasteiger partial charge in [-0.3, -0.25) is 0 Å². The van der Waals surface area contributed by atoms with Crippen LogP contribution >= 0.6 is 0 Å². The molecule has 2 aromatic carbocycles. The largest absolute Gasteiger partial charge is 0.480 e. The minimum absolute atomic E-state index is 0.0646. The van der Waals surface area contributed by atoms with E-state index < -0.39 is 5.60 Å². The minimum atomic E-state index is -0.712. The molecule has 0 unspecified atom stereocenters. The van der Waals surface area contributed by atoms with Gasteiger partial charge in [-0.15, -0.1) is 0 Å². The lowest BCUT2D eigenvalue weighted by molar-refractivity contribution is 0.0216. The molecule has 94 valence electrons. The molecule has 0 heterocycles. The third-order valence-corrected chi connectivity index (χ3v) is 3.05. The molecule has 2 heteroatoms.